The van der Waals surface area contributed by atoms with Crippen molar-refractivity contribution >= 4 is 45.9 Å². The van der Waals surface area contributed by atoms with Gasteiger partial charge in [0.05, 0.1) is 5.75 Å². The van der Waals surface area contributed by atoms with Gasteiger partial charge in [0.1, 0.15) is 5.58 Å². The Bertz CT molecular complexity index is 1180. The van der Waals surface area contributed by atoms with Crippen molar-refractivity contribution in [2.45, 2.75) is 18.5 Å². The molecule has 0 saturated heterocycles. The number of hydrogen-bond donors (Lipinski definition) is 1. The molecule has 0 fully saturated rings. The van der Waals surface area contributed by atoms with E-state index in [1.54, 1.807) is 6.07 Å². The second-order valence-electron chi connectivity index (χ2n) is 6.51. The summed E-state index contributed by atoms with van der Waals surface area (Å²) in [6, 6.07) is 15.1. The molecule has 0 aliphatic heterocycles. The van der Waals surface area contributed by atoms with E-state index in [2.05, 4.69) is 22.4 Å². The number of fused-ring (bicyclic) bond motifs is 1. The number of rotatable bonds is 6. The summed E-state index contributed by atoms with van der Waals surface area (Å²) in [5.41, 5.74) is 2.69. The summed E-state index contributed by atoms with van der Waals surface area (Å²) < 4.78 is 7.68. The summed E-state index contributed by atoms with van der Waals surface area (Å²) in [7, 11) is 1.85. The Kier molecular flexibility index (Phi) is 5.60. The highest BCUT2D eigenvalue weighted by atomic mass is 35.5. The maximum atomic E-state index is 12.4. The highest BCUT2D eigenvalue weighted by molar-refractivity contribution is 7.99. The molecule has 29 heavy (non-hydrogen) atoms. The second kappa shape index (κ2) is 8.31. The first-order valence-electron chi connectivity index (χ1n) is 9.14. The van der Waals surface area contributed by atoms with Gasteiger partial charge in [-0.1, -0.05) is 48.5 Å². The van der Waals surface area contributed by atoms with Crippen LogP contribution in [0.2, 0.25) is 5.02 Å². The Morgan fingerprint density at radius 3 is 2.86 bits per heavy atom. The van der Waals surface area contributed by atoms with Crippen molar-refractivity contribution in [2.24, 2.45) is 7.05 Å². The number of carbonyl (C=O) groups is 1. The number of aromatic nitrogens is 3. The van der Waals surface area contributed by atoms with Crippen LogP contribution < -0.4 is 5.32 Å². The lowest BCUT2D eigenvalue weighted by atomic mass is 10.1. The Morgan fingerprint density at radius 1 is 1.21 bits per heavy atom. The number of hydrogen-bond acceptors (Lipinski definition) is 5. The minimum Gasteiger partial charge on any atom is -0.453 e. The van der Waals surface area contributed by atoms with Crippen molar-refractivity contribution in [1.29, 1.82) is 0 Å². The zero-order chi connectivity index (χ0) is 20.4. The van der Waals surface area contributed by atoms with E-state index in [1.807, 2.05) is 54.1 Å². The minimum absolute atomic E-state index is 0.0844. The number of thioether (sulfide) groups is 1. The van der Waals surface area contributed by atoms with Crippen molar-refractivity contribution in [3.05, 3.63) is 59.1 Å². The van der Waals surface area contributed by atoms with Gasteiger partial charge in [0, 0.05) is 23.1 Å². The molecule has 0 atom stereocenters. The van der Waals surface area contributed by atoms with E-state index >= 15 is 0 Å². The van der Waals surface area contributed by atoms with Crippen molar-refractivity contribution in [3.8, 4) is 11.6 Å². The maximum Gasteiger partial charge on any atom is 0.234 e. The molecule has 0 aliphatic carbocycles. The van der Waals surface area contributed by atoms with Gasteiger partial charge < -0.3 is 14.3 Å². The van der Waals surface area contributed by atoms with Gasteiger partial charge in [-0.3, -0.25) is 4.79 Å². The average Bonchev–Trinajstić information content (AvgIpc) is 3.29. The quantitative estimate of drug-likeness (QED) is 0.430. The average molecular weight is 427 g/mol. The van der Waals surface area contributed by atoms with Crippen molar-refractivity contribution in [2.75, 3.05) is 11.1 Å². The topological polar surface area (TPSA) is 73.0 Å². The van der Waals surface area contributed by atoms with Crippen LogP contribution in [0.15, 0.2) is 58.1 Å². The molecule has 148 valence electrons. The normalized spacial score (nSPS) is 11.1. The van der Waals surface area contributed by atoms with Gasteiger partial charge >= 0.3 is 0 Å². The van der Waals surface area contributed by atoms with Gasteiger partial charge in [0.2, 0.25) is 5.91 Å². The van der Waals surface area contributed by atoms with E-state index in [1.165, 1.54) is 11.8 Å². The number of carbonyl (C=O) groups excluding carboxylic acids is 1. The van der Waals surface area contributed by atoms with Crippen LogP contribution in [0.4, 0.5) is 5.69 Å². The van der Waals surface area contributed by atoms with E-state index in [0.717, 1.165) is 28.6 Å². The van der Waals surface area contributed by atoms with Gasteiger partial charge in [-0.15, -0.1) is 10.2 Å². The van der Waals surface area contributed by atoms with Crippen molar-refractivity contribution in [1.82, 2.24) is 14.8 Å². The van der Waals surface area contributed by atoms with Gasteiger partial charge in [0.15, 0.2) is 16.7 Å². The fraction of sp³-hybridized carbons (Fsp3) is 0.190. The SMILES string of the molecule is CCc1ccccc1NC(=O)CSc1nnc(-c2cc3cc(Cl)ccc3o2)n1C. The lowest BCUT2D eigenvalue weighted by Gasteiger charge is -2.09. The van der Waals surface area contributed by atoms with Gasteiger partial charge in [-0.25, -0.2) is 0 Å². The fourth-order valence-electron chi connectivity index (χ4n) is 3.05. The van der Waals surface area contributed by atoms with Crippen LogP contribution in [0.1, 0.15) is 12.5 Å². The number of benzene rings is 2. The summed E-state index contributed by atoms with van der Waals surface area (Å²) in [4.78, 5) is 12.4. The van der Waals surface area contributed by atoms with Crippen LogP contribution in [0.3, 0.4) is 0 Å². The smallest absolute Gasteiger partial charge is 0.234 e. The molecule has 1 amide bonds. The Morgan fingerprint density at radius 2 is 2.03 bits per heavy atom. The number of nitrogens with zero attached hydrogens (tertiary/aromatic N) is 3. The van der Waals surface area contributed by atoms with E-state index in [9.17, 15) is 4.79 Å². The highest BCUT2D eigenvalue weighted by Crippen LogP contribution is 2.30. The molecule has 2 aromatic heterocycles. The molecule has 0 aliphatic rings. The predicted molar refractivity (Wildman–Crippen MR) is 116 cm³/mol. The summed E-state index contributed by atoms with van der Waals surface area (Å²) >= 11 is 7.37. The number of para-hydroxylation sites is 1. The van der Waals surface area contributed by atoms with Crippen LogP contribution in [-0.4, -0.2) is 26.4 Å². The van der Waals surface area contributed by atoms with E-state index in [0.29, 0.717) is 21.8 Å². The standard InChI is InChI=1S/C21H19ClN4O2S/c1-3-13-6-4-5-7-16(13)23-19(27)12-29-21-25-24-20(26(21)2)18-11-14-10-15(22)8-9-17(14)28-18/h4-11H,3,12H2,1-2H3,(H,23,27). The molecule has 2 aromatic carbocycles. The van der Waals surface area contributed by atoms with Gasteiger partial charge in [-0.05, 0) is 42.3 Å². The molecule has 1 N–H and O–H groups in total. The van der Waals surface area contributed by atoms with Crippen LogP contribution in [-0.2, 0) is 18.3 Å². The third kappa shape index (κ3) is 4.16. The van der Waals surface area contributed by atoms with Gasteiger partial charge in [0.25, 0.3) is 0 Å². The summed E-state index contributed by atoms with van der Waals surface area (Å²) in [6.45, 7) is 2.06. The summed E-state index contributed by atoms with van der Waals surface area (Å²) in [6.07, 6.45) is 0.860. The molecule has 0 unspecified atom stereocenters. The van der Waals surface area contributed by atoms with Crippen molar-refractivity contribution in [3.63, 3.8) is 0 Å². The Balaban J connectivity index is 1.46. The second-order valence-corrected chi connectivity index (χ2v) is 7.88. The van der Waals surface area contributed by atoms with Crippen molar-refractivity contribution < 1.29 is 9.21 Å². The van der Waals surface area contributed by atoms with Crippen LogP contribution >= 0.6 is 23.4 Å². The van der Waals surface area contributed by atoms with Crippen LogP contribution in [0.25, 0.3) is 22.6 Å². The highest BCUT2D eigenvalue weighted by Gasteiger charge is 2.17. The van der Waals surface area contributed by atoms with Crippen LogP contribution in [0, 0.1) is 0 Å². The van der Waals surface area contributed by atoms with E-state index in [-0.39, 0.29) is 11.7 Å². The first kappa shape index (κ1) is 19.5. The molecule has 0 saturated carbocycles. The number of aryl methyl sites for hydroxylation is 1. The largest absolute Gasteiger partial charge is 0.453 e. The fourth-order valence-corrected chi connectivity index (χ4v) is 3.94. The molecule has 6 nitrogen and oxygen atoms in total. The zero-order valence-electron chi connectivity index (χ0n) is 16.0. The molecule has 2 heterocycles. The molecular formula is C21H19ClN4O2S. The first-order valence-corrected chi connectivity index (χ1v) is 10.5. The summed E-state index contributed by atoms with van der Waals surface area (Å²) in [5, 5.41) is 13.6. The predicted octanol–water partition coefficient (Wildman–Crippen LogP) is 5.17. The molecule has 0 bridgehead atoms. The molecule has 8 heteroatoms. The minimum atomic E-state index is -0.0844. The number of anilines is 1. The lowest BCUT2D eigenvalue weighted by molar-refractivity contribution is -0.113. The molecular weight excluding hydrogens is 408 g/mol. The Labute approximate surface area is 177 Å². The Hall–Kier alpha value is -2.77. The number of amides is 1. The van der Waals surface area contributed by atoms with Crippen LogP contribution in [0.5, 0.6) is 0 Å². The number of nitrogens with one attached hydrogen (secondary N) is 1. The molecule has 4 rings (SSSR count). The lowest BCUT2D eigenvalue weighted by Crippen LogP contribution is -2.15. The number of furan rings is 1. The van der Waals surface area contributed by atoms with Gasteiger partial charge in [-0.2, -0.15) is 0 Å². The third-order valence-electron chi connectivity index (χ3n) is 4.54. The number of halogens is 1. The zero-order valence-corrected chi connectivity index (χ0v) is 17.5. The first-order chi connectivity index (χ1) is 14.0. The summed E-state index contributed by atoms with van der Waals surface area (Å²) in [5.74, 6) is 1.35. The molecule has 0 radical (unpaired) electrons. The third-order valence-corrected chi connectivity index (χ3v) is 5.79. The monoisotopic (exact) mass is 426 g/mol. The maximum absolute atomic E-state index is 12.4. The molecule has 4 aromatic rings. The van der Waals surface area contributed by atoms with E-state index in [4.69, 9.17) is 16.0 Å². The van der Waals surface area contributed by atoms with E-state index < -0.39 is 0 Å². The molecule has 0 spiro atoms.